The number of hydrogen-bond donors (Lipinski definition) is 2. The minimum atomic E-state index is -0.882. The van der Waals surface area contributed by atoms with Crippen molar-refractivity contribution in [3.05, 3.63) is 29.8 Å². The van der Waals surface area contributed by atoms with Crippen molar-refractivity contribution in [1.82, 2.24) is 15.6 Å². The lowest BCUT2D eigenvalue weighted by molar-refractivity contribution is -0.129. The number of piperazine rings is 1. The number of hydrogen-bond acceptors (Lipinski definition) is 3. The van der Waals surface area contributed by atoms with E-state index < -0.39 is 11.4 Å². The van der Waals surface area contributed by atoms with Crippen molar-refractivity contribution >= 4 is 5.91 Å². The van der Waals surface area contributed by atoms with Gasteiger partial charge in [-0.15, -0.1) is 0 Å². The Morgan fingerprint density at radius 1 is 1.47 bits per heavy atom. The first-order valence-corrected chi connectivity index (χ1v) is 4.77. The van der Waals surface area contributed by atoms with Crippen molar-refractivity contribution in [3.8, 4) is 0 Å². The van der Waals surface area contributed by atoms with Gasteiger partial charge in [0, 0.05) is 24.8 Å². The van der Waals surface area contributed by atoms with Gasteiger partial charge in [0.05, 0.1) is 6.20 Å². The maximum atomic E-state index is 13.0. The molecule has 1 aromatic rings. The third-order valence-electron chi connectivity index (χ3n) is 2.63. The summed E-state index contributed by atoms with van der Waals surface area (Å²) in [4.78, 5) is 15.4. The Morgan fingerprint density at radius 3 is 2.93 bits per heavy atom. The fraction of sp³-hybridized carbons (Fsp3) is 0.400. The maximum Gasteiger partial charge on any atom is 0.244 e. The fourth-order valence-corrected chi connectivity index (χ4v) is 1.66. The van der Waals surface area contributed by atoms with E-state index in [0.29, 0.717) is 18.7 Å². The van der Waals surface area contributed by atoms with Crippen molar-refractivity contribution in [1.29, 1.82) is 0 Å². The summed E-state index contributed by atoms with van der Waals surface area (Å²) in [7, 11) is 0. The summed E-state index contributed by atoms with van der Waals surface area (Å²) < 4.78 is 13.0. The van der Waals surface area contributed by atoms with E-state index in [1.807, 2.05) is 0 Å². The number of aromatic nitrogens is 1. The van der Waals surface area contributed by atoms with Crippen LogP contribution >= 0.6 is 0 Å². The zero-order valence-corrected chi connectivity index (χ0v) is 8.38. The molecule has 0 aliphatic carbocycles. The van der Waals surface area contributed by atoms with Crippen LogP contribution in [0.4, 0.5) is 4.39 Å². The van der Waals surface area contributed by atoms with Crippen LogP contribution in [-0.4, -0.2) is 24.0 Å². The van der Waals surface area contributed by atoms with Gasteiger partial charge in [-0.3, -0.25) is 15.1 Å². The summed E-state index contributed by atoms with van der Waals surface area (Å²) >= 11 is 0. The van der Waals surface area contributed by atoms with E-state index in [2.05, 4.69) is 15.6 Å². The molecule has 1 aliphatic rings. The van der Waals surface area contributed by atoms with Gasteiger partial charge in [0.2, 0.25) is 5.91 Å². The van der Waals surface area contributed by atoms with Crippen molar-refractivity contribution in [3.63, 3.8) is 0 Å². The second-order valence-corrected chi connectivity index (χ2v) is 3.70. The van der Waals surface area contributed by atoms with E-state index in [9.17, 15) is 9.18 Å². The fourth-order valence-electron chi connectivity index (χ4n) is 1.66. The Kier molecular flexibility index (Phi) is 2.40. The molecule has 5 heteroatoms. The molecule has 0 spiro atoms. The molecule has 1 fully saturated rings. The zero-order valence-electron chi connectivity index (χ0n) is 8.38. The molecule has 0 bridgehead atoms. The minimum Gasteiger partial charge on any atom is -0.353 e. The molecule has 2 heterocycles. The lowest BCUT2D eigenvalue weighted by atomic mass is 9.91. The lowest BCUT2D eigenvalue weighted by Crippen LogP contribution is -2.59. The number of amides is 1. The highest BCUT2D eigenvalue weighted by Gasteiger charge is 2.37. The minimum absolute atomic E-state index is 0.152. The molecule has 2 rings (SSSR count). The second kappa shape index (κ2) is 3.58. The molecule has 0 aromatic carbocycles. The van der Waals surface area contributed by atoms with Crippen molar-refractivity contribution in [2.24, 2.45) is 0 Å². The largest absolute Gasteiger partial charge is 0.353 e. The number of nitrogens with zero attached hydrogens (tertiary/aromatic N) is 1. The Bertz CT molecular complexity index is 396. The predicted molar refractivity (Wildman–Crippen MR) is 52.6 cm³/mol. The van der Waals surface area contributed by atoms with E-state index >= 15 is 0 Å². The van der Waals surface area contributed by atoms with Crippen LogP contribution < -0.4 is 10.6 Å². The van der Waals surface area contributed by atoms with Gasteiger partial charge in [-0.1, -0.05) is 0 Å². The molecule has 1 aliphatic heterocycles. The maximum absolute atomic E-state index is 13.0. The third-order valence-corrected chi connectivity index (χ3v) is 2.63. The predicted octanol–water partition coefficient (Wildman–Crippen LogP) is 0.155. The topological polar surface area (TPSA) is 54.0 Å². The molecule has 1 amide bonds. The van der Waals surface area contributed by atoms with Crippen LogP contribution in [0.5, 0.6) is 0 Å². The van der Waals surface area contributed by atoms with Crippen LogP contribution in [0.3, 0.4) is 0 Å². The summed E-state index contributed by atoms with van der Waals surface area (Å²) in [5, 5.41) is 5.81. The number of rotatable bonds is 1. The molecule has 1 atom stereocenters. The Morgan fingerprint density at radius 2 is 2.27 bits per heavy atom. The van der Waals surface area contributed by atoms with Gasteiger partial charge in [-0.2, -0.15) is 0 Å². The average Bonchev–Trinajstić information content (AvgIpc) is 2.23. The van der Waals surface area contributed by atoms with Crippen LogP contribution in [0.1, 0.15) is 12.5 Å². The molecule has 1 unspecified atom stereocenters. The van der Waals surface area contributed by atoms with Crippen molar-refractivity contribution in [2.45, 2.75) is 12.5 Å². The Labute approximate surface area is 86.9 Å². The van der Waals surface area contributed by atoms with E-state index in [1.54, 1.807) is 6.92 Å². The van der Waals surface area contributed by atoms with Crippen molar-refractivity contribution in [2.75, 3.05) is 13.1 Å². The summed E-state index contributed by atoms with van der Waals surface area (Å²) in [6.07, 6.45) is 2.62. The van der Waals surface area contributed by atoms with Gasteiger partial charge in [0.15, 0.2) is 0 Å². The van der Waals surface area contributed by atoms with E-state index in [1.165, 1.54) is 12.3 Å². The van der Waals surface area contributed by atoms with Gasteiger partial charge in [0.1, 0.15) is 11.4 Å². The highest BCUT2D eigenvalue weighted by Crippen LogP contribution is 2.22. The highest BCUT2D eigenvalue weighted by atomic mass is 19.1. The molecule has 1 saturated heterocycles. The van der Waals surface area contributed by atoms with E-state index in [-0.39, 0.29) is 5.91 Å². The van der Waals surface area contributed by atoms with Crippen LogP contribution in [-0.2, 0) is 10.3 Å². The first kappa shape index (κ1) is 10.0. The summed E-state index contributed by atoms with van der Waals surface area (Å²) in [5.41, 5.74) is -0.340. The van der Waals surface area contributed by atoms with Crippen LogP contribution in [0.2, 0.25) is 0 Å². The van der Waals surface area contributed by atoms with Gasteiger partial charge in [-0.25, -0.2) is 4.39 Å². The molecule has 0 saturated carbocycles. The quantitative estimate of drug-likeness (QED) is 0.692. The molecule has 1 aromatic heterocycles. The average molecular weight is 209 g/mol. The number of nitrogens with one attached hydrogen (secondary N) is 2. The van der Waals surface area contributed by atoms with Crippen molar-refractivity contribution < 1.29 is 9.18 Å². The molecule has 15 heavy (non-hydrogen) atoms. The number of carbonyl (C=O) groups excluding carboxylic acids is 1. The Hall–Kier alpha value is -1.49. The smallest absolute Gasteiger partial charge is 0.244 e. The normalized spacial score (nSPS) is 26.1. The molecular formula is C10H12FN3O. The molecular weight excluding hydrogens is 197 g/mol. The second-order valence-electron chi connectivity index (χ2n) is 3.70. The third kappa shape index (κ3) is 1.70. The number of carbonyl (C=O) groups is 1. The summed E-state index contributed by atoms with van der Waals surface area (Å²) in [6.45, 7) is 2.98. The molecule has 0 radical (unpaired) electrons. The standard InChI is InChI=1S/C10H12FN3O/c1-10(9(15)13-2-3-14-10)7-4-8(11)6-12-5-7/h4-6,14H,2-3H2,1H3,(H,13,15). The van der Waals surface area contributed by atoms with Crippen LogP contribution in [0, 0.1) is 5.82 Å². The van der Waals surface area contributed by atoms with Crippen LogP contribution in [0.25, 0.3) is 0 Å². The van der Waals surface area contributed by atoms with Crippen LogP contribution in [0.15, 0.2) is 18.5 Å². The first-order valence-electron chi connectivity index (χ1n) is 4.77. The molecule has 80 valence electrons. The number of halogens is 1. The Balaban J connectivity index is 2.39. The first-order chi connectivity index (χ1) is 7.13. The summed E-state index contributed by atoms with van der Waals surface area (Å²) in [6, 6.07) is 1.32. The van der Waals surface area contributed by atoms with Gasteiger partial charge in [-0.05, 0) is 13.0 Å². The number of pyridine rings is 1. The van der Waals surface area contributed by atoms with E-state index in [0.717, 1.165) is 6.20 Å². The van der Waals surface area contributed by atoms with Gasteiger partial charge < -0.3 is 5.32 Å². The monoisotopic (exact) mass is 209 g/mol. The molecule has 2 N–H and O–H groups in total. The SMILES string of the molecule is CC1(c2cncc(F)c2)NCCNC1=O. The van der Waals surface area contributed by atoms with E-state index in [4.69, 9.17) is 0 Å². The van der Waals surface area contributed by atoms with Gasteiger partial charge in [0.25, 0.3) is 0 Å². The lowest BCUT2D eigenvalue weighted by Gasteiger charge is -2.33. The molecule has 4 nitrogen and oxygen atoms in total. The zero-order chi connectivity index (χ0) is 10.9. The van der Waals surface area contributed by atoms with Gasteiger partial charge >= 0.3 is 0 Å². The summed E-state index contributed by atoms with van der Waals surface area (Å²) in [5.74, 6) is -0.588. The highest BCUT2D eigenvalue weighted by molar-refractivity contribution is 5.87.